The van der Waals surface area contributed by atoms with E-state index in [1.54, 1.807) is 6.92 Å². The van der Waals surface area contributed by atoms with Crippen molar-refractivity contribution in [3.05, 3.63) is 59.2 Å². The highest BCUT2D eigenvalue weighted by Gasteiger charge is 2.32. The minimum atomic E-state index is -0.110. The van der Waals surface area contributed by atoms with Crippen LogP contribution in [0.4, 0.5) is 5.82 Å². The Bertz CT molecular complexity index is 1420. The summed E-state index contributed by atoms with van der Waals surface area (Å²) in [6, 6.07) is 9.39. The number of aromatic nitrogens is 5. The van der Waals surface area contributed by atoms with Crippen LogP contribution >= 0.6 is 0 Å². The number of likely N-dealkylation sites (tertiary alicyclic amines) is 1. The summed E-state index contributed by atoms with van der Waals surface area (Å²) in [6.07, 6.45) is 6.14. The topological polar surface area (TPSA) is 92.7 Å². The molecule has 5 heterocycles. The van der Waals surface area contributed by atoms with Gasteiger partial charge in [0, 0.05) is 37.5 Å². The van der Waals surface area contributed by atoms with Crippen LogP contribution in [-0.4, -0.2) is 55.2 Å². The van der Waals surface area contributed by atoms with Crippen molar-refractivity contribution in [3.8, 4) is 11.5 Å². The Morgan fingerprint density at radius 1 is 1.08 bits per heavy atom. The molecule has 36 heavy (non-hydrogen) atoms. The fourth-order valence-corrected chi connectivity index (χ4v) is 5.53. The largest absolute Gasteiger partial charge is 0.356 e. The van der Waals surface area contributed by atoms with Gasteiger partial charge in [-0.2, -0.15) is 10.1 Å². The second-order valence-electron chi connectivity index (χ2n) is 10.2. The summed E-state index contributed by atoms with van der Waals surface area (Å²) in [7, 11) is 0. The Labute approximate surface area is 210 Å². The molecule has 0 bridgehead atoms. The Morgan fingerprint density at radius 3 is 2.72 bits per heavy atom. The van der Waals surface area contributed by atoms with Gasteiger partial charge >= 0.3 is 0 Å². The highest BCUT2D eigenvalue weighted by molar-refractivity contribution is 6.00. The van der Waals surface area contributed by atoms with E-state index >= 15 is 0 Å². The maximum Gasteiger partial charge on any atom is 0.258 e. The molecule has 186 valence electrons. The van der Waals surface area contributed by atoms with Crippen molar-refractivity contribution in [3.63, 3.8) is 0 Å². The van der Waals surface area contributed by atoms with Crippen LogP contribution < -0.4 is 4.90 Å². The molecule has 2 aliphatic rings. The van der Waals surface area contributed by atoms with E-state index in [4.69, 9.17) is 14.6 Å². The molecule has 9 heteroatoms. The molecule has 0 N–H and O–H groups in total. The smallest absolute Gasteiger partial charge is 0.258 e. The lowest BCUT2D eigenvalue weighted by Gasteiger charge is -2.35. The number of amides is 1. The van der Waals surface area contributed by atoms with Crippen molar-refractivity contribution in [2.45, 2.75) is 52.5 Å². The Balaban J connectivity index is 1.34. The molecule has 2 saturated heterocycles. The van der Waals surface area contributed by atoms with E-state index < -0.39 is 0 Å². The number of nitrogens with zero attached hydrogens (tertiary/aromatic N) is 7. The zero-order chi connectivity index (χ0) is 24.8. The zero-order valence-corrected chi connectivity index (χ0v) is 21.0. The van der Waals surface area contributed by atoms with E-state index in [1.165, 1.54) is 6.42 Å². The summed E-state index contributed by atoms with van der Waals surface area (Å²) >= 11 is 0. The number of piperidine rings is 1. The van der Waals surface area contributed by atoms with Crippen molar-refractivity contribution < 1.29 is 9.32 Å². The fourth-order valence-electron chi connectivity index (χ4n) is 5.53. The molecule has 0 saturated carbocycles. The van der Waals surface area contributed by atoms with Gasteiger partial charge < -0.3 is 14.3 Å². The van der Waals surface area contributed by atoms with Gasteiger partial charge in [0.15, 0.2) is 11.5 Å². The molecule has 4 aromatic rings. The van der Waals surface area contributed by atoms with E-state index in [9.17, 15) is 4.79 Å². The first-order valence-electron chi connectivity index (χ1n) is 12.8. The Hall–Kier alpha value is -3.75. The summed E-state index contributed by atoms with van der Waals surface area (Å²) < 4.78 is 7.25. The molecule has 6 rings (SSSR count). The van der Waals surface area contributed by atoms with Gasteiger partial charge in [-0.3, -0.25) is 4.79 Å². The van der Waals surface area contributed by atoms with E-state index in [1.807, 2.05) is 39.7 Å². The van der Waals surface area contributed by atoms with Gasteiger partial charge in [0.1, 0.15) is 5.82 Å². The molecular weight excluding hydrogens is 454 g/mol. The van der Waals surface area contributed by atoms with Gasteiger partial charge in [-0.15, -0.1) is 0 Å². The molecule has 1 aromatic carbocycles. The summed E-state index contributed by atoms with van der Waals surface area (Å²) in [5, 5.41) is 8.80. The zero-order valence-electron chi connectivity index (χ0n) is 21.0. The predicted octanol–water partition coefficient (Wildman–Crippen LogP) is 4.61. The second kappa shape index (κ2) is 9.04. The quantitative estimate of drug-likeness (QED) is 0.417. The van der Waals surface area contributed by atoms with Crippen LogP contribution in [0.2, 0.25) is 0 Å². The average Bonchev–Trinajstić information content (AvgIpc) is 3.62. The molecule has 2 unspecified atom stereocenters. The first-order valence-corrected chi connectivity index (χ1v) is 12.8. The molecule has 0 spiro atoms. The summed E-state index contributed by atoms with van der Waals surface area (Å²) in [6.45, 7) is 8.91. The van der Waals surface area contributed by atoms with Crippen LogP contribution in [0, 0.1) is 19.8 Å². The molecular formula is C27H31N7O2. The first kappa shape index (κ1) is 22.7. The minimum absolute atomic E-state index is 0.0425. The number of aryl methyl sites for hydroxylation is 2. The second-order valence-corrected chi connectivity index (χ2v) is 10.2. The van der Waals surface area contributed by atoms with E-state index in [0.717, 1.165) is 55.1 Å². The van der Waals surface area contributed by atoms with Gasteiger partial charge in [-0.1, -0.05) is 24.2 Å². The maximum atomic E-state index is 13.9. The van der Waals surface area contributed by atoms with Gasteiger partial charge in [0.25, 0.3) is 11.8 Å². The van der Waals surface area contributed by atoms with Crippen LogP contribution in [0.5, 0.6) is 0 Å². The van der Waals surface area contributed by atoms with Crippen molar-refractivity contribution >= 4 is 17.4 Å². The minimum Gasteiger partial charge on any atom is -0.356 e. The monoisotopic (exact) mass is 485 g/mol. The standard InChI is InChI=1S/C27H31N7O2/c1-17-11-13-32(15-17)25-18(2)16-34-24(29-25)14-22(30-34)23-10-6-7-12-33(23)27(35)21-9-5-4-8-20(21)26-28-19(3)31-36-26/h4-5,8-9,14,16-17,23H,6-7,10-13,15H2,1-3H3. The van der Waals surface area contributed by atoms with Crippen LogP contribution in [-0.2, 0) is 0 Å². The van der Waals surface area contributed by atoms with Crippen LogP contribution in [0.25, 0.3) is 17.1 Å². The molecule has 0 aliphatic carbocycles. The lowest BCUT2D eigenvalue weighted by atomic mass is 9.97. The first-order chi connectivity index (χ1) is 17.5. The summed E-state index contributed by atoms with van der Waals surface area (Å²) in [5.74, 6) is 2.58. The number of carbonyl (C=O) groups excluding carboxylic acids is 1. The number of carbonyl (C=O) groups is 1. The predicted molar refractivity (Wildman–Crippen MR) is 136 cm³/mol. The Kier molecular flexibility index (Phi) is 5.70. The Morgan fingerprint density at radius 2 is 1.94 bits per heavy atom. The van der Waals surface area contributed by atoms with E-state index in [0.29, 0.717) is 35.3 Å². The maximum absolute atomic E-state index is 13.9. The molecule has 2 fully saturated rings. The van der Waals surface area contributed by atoms with Crippen molar-refractivity contribution in [1.29, 1.82) is 0 Å². The summed E-state index contributed by atoms with van der Waals surface area (Å²) in [4.78, 5) is 27.6. The third-order valence-corrected chi connectivity index (χ3v) is 7.37. The van der Waals surface area contributed by atoms with E-state index in [2.05, 4.69) is 35.1 Å². The highest BCUT2D eigenvalue weighted by atomic mass is 16.5. The number of rotatable bonds is 4. The van der Waals surface area contributed by atoms with Crippen molar-refractivity contribution in [1.82, 2.24) is 29.6 Å². The number of hydrogen-bond acceptors (Lipinski definition) is 7. The van der Waals surface area contributed by atoms with Crippen LogP contribution in [0.1, 0.15) is 66.1 Å². The number of fused-ring (bicyclic) bond motifs is 1. The number of benzene rings is 1. The normalized spacial score (nSPS) is 20.4. The van der Waals surface area contributed by atoms with Gasteiger partial charge in [-0.05, 0) is 57.6 Å². The third-order valence-electron chi connectivity index (χ3n) is 7.37. The third kappa shape index (κ3) is 4.02. The molecule has 0 radical (unpaired) electrons. The number of hydrogen-bond donors (Lipinski definition) is 0. The lowest BCUT2D eigenvalue weighted by molar-refractivity contribution is 0.0606. The highest BCUT2D eigenvalue weighted by Crippen LogP contribution is 2.34. The number of anilines is 1. The fraction of sp³-hybridized carbons (Fsp3) is 0.444. The van der Waals surface area contributed by atoms with Gasteiger partial charge in [-0.25, -0.2) is 9.50 Å². The molecule has 2 aliphatic heterocycles. The molecule has 2 atom stereocenters. The molecule has 9 nitrogen and oxygen atoms in total. The van der Waals surface area contributed by atoms with Crippen molar-refractivity contribution in [2.24, 2.45) is 5.92 Å². The SMILES string of the molecule is Cc1noc(-c2ccccc2C(=O)N2CCCCC2c2cc3nc(N4CCC(C)C4)c(C)cn3n2)n1. The average molecular weight is 486 g/mol. The molecule has 1 amide bonds. The van der Waals surface area contributed by atoms with Crippen LogP contribution in [0.3, 0.4) is 0 Å². The van der Waals surface area contributed by atoms with E-state index in [-0.39, 0.29) is 11.9 Å². The lowest BCUT2D eigenvalue weighted by Crippen LogP contribution is -2.39. The van der Waals surface area contributed by atoms with Crippen LogP contribution in [0.15, 0.2) is 41.1 Å². The molecule has 3 aromatic heterocycles. The van der Waals surface area contributed by atoms with Gasteiger partial charge in [0.2, 0.25) is 0 Å². The summed E-state index contributed by atoms with van der Waals surface area (Å²) in [5.41, 5.74) is 4.05. The van der Waals surface area contributed by atoms with Crippen molar-refractivity contribution in [2.75, 3.05) is 24.5 Å². The van der Waals surface area contributed by atoms with Gasteiger partial charge in [0.05, 0.1) is 22.9 Å².